The number of benzene rings is 1. The van der Waals surface area contributed by atoms with Crippen molar-refractivity contribution in [2.24, 2.45) is 0 Å². The zero-order valence-corrected chi connectivity index (χ0v) is 9.64. The maximum Gasteiger partial charge on any atom is 0.164 e. The number of aromatic nitrogens is 3. The lowest BCUT2D eigenvalue weighted by Gasteiger charge is -2.07. The predicted octanol–water partition coefficient (Wildman–Crippen LogP) is 2.41. The van der Waals surface area contributed by atoms with Crippen LogP contribution < -0.4 is 4.74 Å². The number of rotatable bonds is 5. The Kier molecular flexibility index (Phi) is 3.69. The van der Waals surface area contributed by atoms with Gasteiger partial charge in [0, 0.05) is 12.6 Å². The summed E-state index contributed by atoms with van der Waals surface area (Å²) in [4.78, 5) is 4.11. The van der Waals surface area contributed by atoms with E-state index in [9.17, 15) is 4.39 Å². The van der Waals surface area contributed by atoms with Gasteiger partial charge < -0.3 is 4.74 Å². The number of hydrogen-bond donors (Lipinski definition) is 0. The Bertz CT molecular complexity index is 484. The molecular formula is C12H14FN3O. The minimum atomic E-state index is -0.308. The SMILES string of the molecule is CCCn1ncnc1COc1cccc(F)c1. The zero-order chi connectivity index (χ0) is 12.1. The van der Waals surface area contributed by atoms with Gasteiger partial charge >= 0.3 is 0 Å². The Morgan fingerprint density at radius 3 is 3.06 bits per heavy atom. The largest absolute Gasteiger partial charge is 0.486 e. The summed E-state index contributed by atoms with van der Waals surface area (Å²) < 4.78 is 20.2. The Morgan fingerprint density at radius 2 is 2.29 bits per heavy atom. The monoisotopic (exact) mass is 235 g/mol. The molecule has 2 aromatic rings. The first-order chi connectivity index (χ1) is 8.29. The summed E-state index contributed by atoms with van der Waals surface area (Å²) in [5.74, 6) is 0.935. The van der Waals surface area contributed by atoms with Crippen LogP contribution in [0.4, 0.5) is 4.39 Å². The Morgan fingerprint density at radius 1 is 1.41 bits per heavy atom. The van der Waals surface area contributed by atoms with Gasteiger partial charge in [-0.25, -0.2) is 14.1 Å². The van der Waals surface area contributed by atoms with E-state index in [1.807, 2.05) is 0 Å². The van der Waals surface area contributed by atoms with Crippen molar-refractivity contribution in [3.05, 3.63) is 42.2 Å². The first-order valence-corrected chi connectivity index (χ1v) is 5.54. The van der Waals surface area contributed by atoms with Crippen LogP contribution in [0.25, 0.3) is 0 Å². The van der Waals surface area contributed by atoms with Crippen LogP contribution >= 0.6 is 0 Å². The molecule has 1 aromatic heterocycles. The van der Waals surface area contributed by atoms with Gasteiger partial charge in [-0.05, 0) is 18.6 Å². The van der Waals surface area contributed by atoms with E-state index < -0.39 is 0 Å². The van der Waals surface area contributed by atoms with Crippen LogP contribution in [-0.4, -0.2) is 14.8 Å². The number of nitrogens with zero attached hydrogens (tertiary/aromatic N) is 3. The van der Waals surface area contributed by atoms with Crippen molar-refractivity contribution in [3.63, 3.8) is 0 Å². The van der Waals surface area contributed by atoms with Gasteiger partial charge in [-0.15, -0.1) is 0 Å². The van der Waals surface area contributed by atoms with Crippen LogP contribution in [-0.2, 0) is 13.2 Å². The Balaban J connectivity index is 1.99. The van der Waals surface area contributed by atoms with Crippen LogP contribution in [0.15, 0.2) is 30.6 Å². The molecule has 0 fully saturated rings. The van der Waals surface area contributed by atoms with E-state index in [0.717, 1.165) is 18.8 Å². The molecule has 0 aliphatic carbocycles. The summed E-state index contributed by atoms with van der Waals surface area (Å²) in [5, 5.41) is 4.09. The van der Waals surface area contributed by atoms with E-state index in [1.54, 1.807) is 16.8 Å². The molecule has 0 saturated heterocycles. The van der Waals surface area contributed by atoms with Gasteiger partial charge in [-0.2, -0.15) is 5.10 Å². The fraction of sp³-hybridized carbons (Fsp3) is 0.333. The first kappa shape index (κ1) is 11.6. The molecule has 90 valence electrons. The molecule has 4 nitrogen and oxygen atoms in total. The number of aryl methyl sites for hydroxylation is 1. The highest BCUT2D eigenvalue weighted by atomic mass is 19.1. The highest BCUT2D eigenvalue weighted by molar-refractivity contribution is 5.22. The van der Waals surface area contributed by atoms with Crippen LogP contribution in [0.5, 0.6) is 5.75 Å². The van der Waals surface area contributed by atoms with E-state index >= 15 is 0 Å². The smallest absolute Gasteiger partial charge is 0.164 e. The fourth-order valence-electron chi connectivity index (χ4n) is 1.50. The Hall–Kier alpha value is -1.91. The molecule has 17 heavy (non-hydrogen) atoms. The quantitative estimate of drug-likeness (QED) is 0.799. The van der Waals surface area contributed by atoms with E-state index in [-0.39, 0.29) is 5.82 Å². The van der Waals surface area contributed by atoms with Gasteiger partial charge in [0.15, 0.2) is 5.82 Å². The molecule has 0 aliphatic rings. The average molecular weight is 235 g/mol. The molecule has 0 spiro atoms. The summed E-state index contributed by atoms with van der Waals surface area (Å²) in [7, 11) is 0. The van der Waals surface area contributed by atoms with E-state index in [1.165, 1.54) is 18.5 Å². The van der Waals surface area contributed by atoms with Crippen molar-refractivity contribution in [2.75, 3.05) is 0 Å². The molecule has 5 heteroatoms. The second-order valence-electron chi connectivity index (χ2n) is 3.65. The Labute approximate surface area is 99.1 Å². The molecule has 0 bridgehead atoms. The maximum absolute atomic E-state index is 12.9. The average Bonchev–Trinajstić information content (AvgIpc) is 2.75. The van der Waals surface area contributed by atoms with Crippen LogP contribution in [0.1, 0.15) is 19.2 Å². The standard InChI is InChI=1S/C12H14FN3O/c1-2-6-16-12(14-9-15-16)8-17-11-5-3-4-10(13)7-11/h3-5,7,9H,2,6,8H2,1H3. The lowest BCUT2D eigenvalue weighted by molar-refractivity contribution is 0.285. The van der Waals surface area contributed by atoms with Crippen LogP contribution in [0.2, 0.25) is 0 Å². The summed E-state index contributed by atoms with van der Waals surface area (Å²) in [6, 6.07) is 6.05. The third-order valence-corrected chi connectivity index (χ3v) is 2.30. The highest BCUT2D eigenvalue weighted by Crippen LogP contribution is 2.13. The molecule has 1 heterocycles. The lowest BCUT2D eigenvalue weighted by Crippen LogP contribution is -2.08. The molecule has 0 amide bonds. The summed E-state index contributed by atoms with van der Waals surface area (Å²) in [6.07, 6.45) is 2.48. The van der Waals surface area contributed by atoms with Gasteiger partial charge in [-0.1, -0.05) is 13.0 Å². The molecule has 1 aromatic carbocycles. The van der Waals surface area contributed by atoms with E-state index in [4.69, 9.17) is 4.74 Å². The summed E-state index contributed by atoms with van der Waals surface area (Å²) in [6.45, 7) is 3.17. The number of ether oxygens (including phenoxy) is 1. The lowest BCUT2D eigenvalue weighted by atomic mass is 10.3. The summed E-state index contributed by atoms with van der Waals surface area (Å²) >= 11 is 0. The third kappa shape index (κ3) is 3.03. The summed E-state index contributed by atoms with van der Waals surface area (Å²) in [5.41, 5.74) is 0. The minimum absolute atomic E-state index is 0.295. The van der Waals surface area contributed by atoms with E-state index in [0.29, 0.717) is 12.4 Å². The predicted molar refractivity (Wildman–Crippen MR) is 61.0 cm³/mol. The molecular weight excluding hydrogens is 221 g/mol. The van der Waals surface area contributed by atoms with Crippen molar-refractivity contribution in [1.82, 2.24) is 14.8 Å². The molecule has 0 N–H and O–H groups in total. The molecule has 0 radical (unpaired) electrons. The normalized spacial score (nSPS) is 10.5. The van der Waals surface area contributed by atoms with Crippen LogP contribution in [0.3, 0.4) is 0 Å². The van der Waals surface area contributed by atoms with Gasteiger partial charge in [0.1, 0.15) is 24.5 Å². The fourth-order valence-corrected chi connectivity index (χ4v) is 1.50. The highest BCUT2D eigenvalue weighted by Gasteiger charge is 2.04. The first-order valence-electron chi connectivity index (χ1n) is 5.54. The molecule has 0 saturated carbocycles. The van der Waals surface area contributed by atoms with Crippen molar-refractivity contribution >= 4 is 0 Å². The topological polar surface area (TPSA) is 39.9 Å². The van der Waals surface area contributed by atoms with Gasteiger partial charge in [0.25, 0.3) is 0 Å². The number of hydrogen-bond acceptors (Lipinski definition) is 3. The number of halogens is 1. The molecule has 0 atom stereocenters. The second kappa shape index (κ2) is 5.43. The van der Waals surface area contributed by atoms with Crippen molar-refractivity contribution < 1.29 is 9.13 Å². The van der Waals surface area contributed by atoms with Gasteiger partial charge in [-0.3, -0.25) is 0 Å². The molecule has 0 unspecified atom stereocenters. The molecule has 2 rings (SSSR count). The van der Waals surface area contributed by atoms with Crippen molar-refractivity contribution in [1.29, 1.82) is 0 Å². The second-order valence-corrected chi connectivity index (χ2v) is 3.65. The van der Waals surface area contributed by atoms with Gasteiger partial charge in [0.05, 0.1) is 0 Å². The third-order valence-electron chi connectivity index (χ3n) is 2.30. The zero-order valence-electron chi connectivity index (χ0n) is 9.64. The van der Waals surface area contributed by atoms with Crippen molar-refractivity contribution in [3.8, 4) is 5.75 Å². The van der Waals surface area contributed by atoms with E-state index in [2.05, 4.69) is 17.0 Å². The maximum atomic E-state index is 12.9. The van der Waals surface area contributed by atoms with Crippen LogP contribution in [0, 0.1) is 5.82 Å². The van der Waals surface area contributed by atoms with Crippen molar-refractivity contribution in [2.45, 2.75) is 26.5 Å². The van der Waals surface area contributed by atoms with Gasteiger partial charge in [0.2, 0.25) is 0 Å². The molecule has 0 aliphatic heterocycles. The minimum Gasteiger partial charge on any atom is -0.486 e.